The van der Waals surface area contributed by atoms with Gasteiger partial charge >= 0.3 is 0 Å². The molecule has 1 N–H and O–H groups in total. The third-order valence-electron chi connectivity index (χ3n) is 2.01. The molecular formula is C10H12ClN5. The fourth-order valence-corrected chi connectivity index (χ4v) is 1.58. The molecule has 0 spiro atoms. The molecule has 2 aromatic rings. The maximum atomic E-state index is 5.82. The van der Waals surface area contributed by atoms with Crippen LogP contribution in [0.4, 0.5) is 5.82 Å². The number of aromatic nitrogens is 4. The summed E-state index contributed by atoms with van der Waals surface area (Å²) in [5.41, 5.74) is 0. The molecule has 0 saturated heterocycles. The number of halogens is 1. The highest BCUT2D eigenvalue weighted by atomic mass is 35.5. The van der Waals surface area contributed by atoms with Crippen molar-refractivity contribution in [3.63, 3.8) is 0 Å². The monoisotopic (exact) mass is 237 g/mol. The molecule has 0 bridgehead atoms. The molecule has 0 aliphatic rings. The van der Waals surface area contributed by atoms with Crippen molar-refractivity contribution in [3.8, 4) is 0 Å². The fraction of sp³-hybridized carbons (Fsp3) is 0.300. The minimum Gasteiger partial charge on any atom is -0.368 e. The van der Waals surface area contributed by atoms with Gasteiger partial charge in [0.1, 0.15) is 16.8 Å². The van der Waals surface area contributed by atoms with Crippen LogP contribution in [0.2, 0.25) is 5.15 Å². The second kappa shape index (κ2) is 4.94. The highest BCUT2D eigenvalue weighted by Crippen LogP contribution is 2.10. The van der Waals surface area contributed by atoms with Gasteiger partial charge in [0.2, 0.25) is 0 Å². The molecule has 84 valence electrons. The van der Waals surface area contributed by atoms with Gasteiger partial charge in [-0.3, -0.25) is 4.68 Å². The summed E-state index contributed by atoms with van der Waals surface area (Å²) in [5.74, 6) is 1.40. The fourth-order valence-electron chi connectivity index (χ4n) is 1.35. The van der Waals surface area contributed by atoms with E-state index in [1.54, 1.807) is 12.3 Å². The van der Waals surface area contributed by atoms with Crippen molar-refractivity contribution >= 4 is 17.4 Å². The van der Waals surface area contributed by atoms with Crippen LogP contribution in [0.5, 0.6) is 0 Å². The predicted molar refractivity (Wildman–Crippen MR) is 62.5 cm³/mol. The van der Waals surface area contributed by atoms with Crippen molar-refractivity contribution in [1.29, 1.82) is 0 Å². The van der Waals surface area contributed by atoms with E-state index >= 15 is 0 Å². The summed E-state index contributed by atoms with van der Waals surface area (Å²) >= 11 is 5.82. The average molecular weight is 238 g/mol. The molecule has 0 saturated carbocycles. The number of hydrogen-bond acceptors (Lipinski definition) is 4. The van der Waals surface area contributed by atoms with E-state index in [0.717, 1.165) is 18.9 Å². The molecule has 0 aliphatic carbocycles. The normalized spacial score (nSPS) is 10.4. The lowest BCUT2D eigenvalue weighted by atomic mass is 10.5. The highest BCUT2D eigenvalue weighted by Gasteiger charge is 1.99. The van der Waals surface area contributed by atoms with E-state index in [1.165, 1.54) is 0 Å². The standard InChI is InChI=1S/C10H12ClN5/c1-8-14-9(11)7-10(15-8)12-4-6-16-5-2-3-13-16/h2-3,5,7H,4,6H2,1H3,(H,12,14,15). The van der Waals surface area contributed by atoms with E-state index in [0.29, 0.717) is 11.0 Å². The summed E-state index contributed by atoms with van der Waals surface area (Å²) in [5, 5.41) is 7.72. The quantitative estimate of drug-likeness (QED) is 0.824. The van der Waals surface area contributed by atoms with Crippen LogP contribution in [0.3, 0.4) is 0 Å². The largest absolute Gasteiger partial charge is 0.368 e. The molecule has 5 nitrogen and oxygen atoms in total. The molecule has 0 radical (unpaired) electrons. The summed E-state index contributed by atoms with van der Waals surface area (Å²) in [6, 6.07) is 3.60. The number of aryl methyl sites for hydroxylation is 1. The minimum absolute atomic E-state index is 0.453. The molecule has 16 heavy (non-hydrogen) atoms. The number of nitrogens with zero attached hydrogens (tertiary/aromatic N) is 4. The summed E-state index contributed by atoms with van der Waals surface area (Å²) in [4.78, 5) is 8.21. The van der Waals surface area contributed by atoms with E-state index in [4.69, 9.17) is 11.6 Å². The van der Waals surface area contributed by atoms with Crippen LogP contribution in [-0.4, -0.2) is 26.3 Å². The lowest BCUT2D eigenvalue weighted by molar-refractivity contribution is 0.637. The molecule has 2 heterocycles. The smallest absolute Gasteiger partial charge is 0.134 e. The van der Waals surface area contributed by atoms with Gasteiger partial charge in [-0.15, -0.1) is 0 Å². The maximum absolute atomic E-state index is 5.82. The molecule has 2 rings (SSSR count). The average Bonchev–Trinajstić information content (AvgIpc) is 2.69. The van der Waals surface area contributed by atoms with E-state index < -0.39 is 0 Å². The topological polar surface area (TPSA) is 55.6 Å². The lowest BCUT2D eigenvalue weighted by Crippen LogP contribution is -2.12. The Bertz CT molecular complexity index is 434. The first-order chi connectivity index (χ1) is 7.74. The molecule has 0 aliphatic heterocycles. The van der Waals surface area contributed by atoms with Crippen molar-refractivity contribution in [2.75, 3.05) is 11.9 Å². The van der Waals surface area contributed by atoms with Gasteiger partial charge in [-0.05, 0) is 13.0 Å². The molecule has 0 amide bonds. The zero-order valence-electron chi connectivity index (χ0n) is 8.89. The van der Waals surface area contributed by atoms with Gasteiger partial charge in [0.25, 0.3) is 0 Å². The summed E-state index contributed by atoms with van der Waals surface area (Å²) in [6.07, 6.45) is 3.67. The van der Waals surface area contributed by atoms with Crippen molar-refractivity contribution in [3.05, 3.63) is 35.5 Å². The van der Waals surface area contributed by atoms with Gasteiger partial charge < -0.3 is 5.32 Å². The Morgan fingerprint density at radius 3 is 3.00 bits per heavy atom. The van der Waals surface area contributed by atoms with Crippen LogP contribution in [0.1, 0.15) is 5.82 Å². The van der Waals surface area contributed by atoms with Gasteiger partial charge in [-0.1, -0.05) is 11.6 Å². The summed E-state index contributed by atoms with van der Waals surface area (Å²) in [6.45, 7) is 3.34. The number of rotatable bonds is 4. The first-order valence-electron chi connectivity index (χ1n) is 4.96. The van der Waals surface area contributed by atoms with Gasteiger partial charge in [0, 0.05) is 25.0 Å². The second-order valence-electron chi connectivity index (χ2n) is 3.32. The van der Waals surface area contributed by atoms with Gasteiger partial charge in [-0.25, -0.2) is 9.97 Å². The first-order valence-corrected chi connectivity index (χ1v) is 5.34. The van der Waals surface area contributed by atoms with Crippen LogP contribution >= 0.6 is 11.6 Å². The second-order valence-corrected chi connectivity index (χ2v) is 3.71. The van der Waals surface area contributed by atoms with Gasteiger partial charge in [0.15, 0.2) is 0 Å². The van der Waals surface area contributed by atoms with Crippen LogP contribution in [0.25, 0.3) is 0 Å². The Morgan fingerprint density at radius 2 is 2.31 bits per heavy atom. The molecule has 2 aromatic heterocycles. The minimum atomic E-state index is 0.453. The van der Waals surface area contributed by atoms with Crippen molar-refractivity contribution in [2.45, 2.75) is 13.5 Å². The van der Waals surface area contributed by atoms with Crippen LogP contribution in [0, 0.1) is 6.92 Å². The van der Waals surface area contributed by atoms with Gasteiger partial charge in [-0.2, -0.15) is 5.10 Å². The third kappa shape index (κ3) is 2.93. The van der Waals surface area contributed by atoms with Crippen molar-refractivity contribution in [1.82, 2.24) is 19.7 Å². The molecular weight excluding hydrogens is 226 g/mol. The van der Waals surface area contributed by atoms with E-state index in [-0.39, 0.29) is 0 Å². The highest BCUT2D eigenvalue weighted by molar-refractivity contribution is 6.29. The van der Waals surface area contributed by atoms with Crippen molar-refractivity contribution < 1.29 is 0 Å². The van der Waals surface area contributed by atoms with E-state index in [1.807, 2.05) is 23.9 Å². The maximum Gasteiger partial charge on any atom is 0.134 e. The van der Waals surface area contributed by atoms with Crippen LogP contribution in [0.15, 0.2) is 24.5 Å². The summed E-state index contributed by atoms with van der Waals surface area (Å²) < 4.78 is 1.85. The Hall–Kier alpha value is -1.62. The zero-order valence-corrected chi connectivity index (χ0v) is 9.65. The van der Waals surface area contributed by atoms with Crippen LogP contribution < -0.4 is 5.32 Å². The molecule has 6 heteroatoms. The molecule has 0 unspecified atom stereocenters. The van der Waals surface area contributed by atoms with Gasteiger partial charge in [0.05, 0.1) is 6.54 Å². The first kappa shape index (κ1) is 10.9. The SMILES string of the molecule is Cc1nc(Cl)cc(NCCn2cccn2)n1. The number of nitrogens with one attached hydrogen (secondary N) is 1. The number of hydrogen-bond donors (Lipinski definition) is 1. The third-order valence-corrected chi connectivity index (χ3v) is 2.21. The zero-order chi connectivity index (χ0) is 11.4. The Labute approximate surface area is 98.5 Å². The van der Waals surface area contributed by atoms with Crippen molar-refractivity contribution in [2.24, 2.45) is 0 Å². The predicted octanol–water partition coefficient (Wildman–Crippen LogP) is 1.75. The Kier molecular flexibility index (Phi) is 3.36. The summed E-state index contributed by atoms with van der Waals surface area (Å²) in [7, 11) is 0. The Balaban J connectivity index is 1.89. The molecule has 0 atom stereocenters. The van der Waals surface area contributed by atoms with E-state index in [9.17, 15) is 0 Å². The lowest BCUT2D eigenvalue weighted by Gasteiger charge is -2.06. The van der Waals surface area contributed by atoms with Crippen LogP contribution in [-0.2, 0) is 6.54 Å². The Morgan fingerprint density at radius 1 is 1.44 bits per heavy atom. The molecule has 0 fully saturated rings. The number of anilines is 1. The van der Waals surface area contributed by atoms with E-state index in [2.05, 4.69) is 20.4 Å². The molecule has 0 aromatic carbocycles.